The van der Waals surface area contributed by atoms with E-state index in [9.17, 15) is 0 Å². The molecule has 3 heterocycles. The number of piperidine rings is 1. The van der Waals surface area contributed by atoms with Crippen LogP contribution in [0.5, 0.6) is 0 Å². The maximum absolute atomic E-state index is 6.33. The van der Waals surface area contributed by atoms with Crippen molar-refractivity contribution in [1.29, 1.82) is 0 Å². The summed E-state index contributed by atoms with van der Waals surface area (Å²) in [6.07, 6.45) is 5.53. The molecular weight excluding hydrogens is 340 g/mol. The highest BCUT2D eigenvalue weighted by atomic mass is 16.5. The quantitative estimate of drug-likeness (QED) is 0.805. The standard InChI is InChI=1S/C20H28N6O/c1-2-4-15(5-3-1)17-12-18(17)21-16-13-20(27-14-16)7-10-26(11-8-20)9-6-19-22-24-25-23-19/h1-5,16-18,21H,6-14H2,(H,22,23,24,25)/t16?,17-,18+/m0/s1. The van der Waals surface area contributed by atoms with Gasteiger partial charge >= 0.3 is 0 Å². The zero-order chi connectivity index (χ0) is 18.1. The van der Waals surface area contributed by atoms with Crippen LogP contribution in [0.2, 0.25) is 0 Å². The van der Waals surface area contributed by atoms with E-state index in [1.807, 2.05) is 0 Å². The summed E-state index contributed by atoms with van der Waals surface area (Å²) in [6.45, 7) is 4.06. The van der Waals surface area contributed by atoms with Crippen LogP contribution in [0.3, 0.4) is 0 Å². The second kappa shape index (κ2) is 7.30. The highest BCUT2D eigenvalue weighted by molar-refractivity contribution is 5.27. The Morgan fingerprint density at radius 1 is 1.22 bits per heavy atom. The number of aromatic amines is 1. The van der Waals surface area contributed by atoms with Crippen LogP contribution in [-0.4, -0.2) is 69.4 Å². The molecule has 2 aromatic rings. The number of nitrogens with zero attached hydrogens (tertiary/aromatic N) is 4. The summed E-state index contributed by atoms with van der Waals surface area (Å²) < 4.78 is 6.33. The van der Waals surface area contributed by atoms with E-state index in [1.54, 1.807) is 0 Å². The predicted octanol–water partition coefficient (Wildman–Crippen LogP) is 1.51. The number of rotatable bonds is 6. The topological polar surface area (TPSA) is 79.0 Å². The molecule has 0 amide bonds. The Morgan fingerprint density at radius 2 is 2.07 bits per heavy atom. The Balaban J connectivity index is 1.07. The Kier molecular flexibility index (Phi) is 4.67. The third-order valence-electron chi connectivity index (χ3n) is 6.49. The van der Waals surface area contributed by atoms with Crippen molar-refractivity contribution < 1.29 is 4.74 Å². The van der Waals surface area contributed by atoms with Gasteiger partial charge in [0.2, 0.25) is 0 Å². The molecule has 3 aliphatic rings. The second-order valence-electron chi connectivity index (χ2n) is 8.34. The van der Waals surface area contributed by atoms with Gasteiger partial charge in [0, 0.05) is 44.1 Å². The summed E-state index contributed by atoms with van der Waals surface area (Å²) in [7, 11) is 0. The molecule has 7 nitrogen and oxygen atoms in total. The molecule has 3 atom stereocenters. The molecule has 1 aromatic heterocycles. The maximum atomic E-state index is 6.33. The number of H-pyrrole nitrogens is 1. The van der Waals surface area contributed by atoms with Crippen molar-refractivity contribution in [3.63, 3.8) is 0 Å². The first-order chi connectivity index (χ1) is 13.3. The van der Waals surface area contributed by atoms with Gasteiger partial charge in [-0.05, 0) is 31.2 Å². The van der Waals surface area contributed by atoms with Crippen molar-refractivity contribution in [3.05, 3.63) is 41.7 Å². The van der Waals surface area contributed by atoms with Crippen molar-refractivity contribution in [2.45, 2.75) is 55.7 Å². The fraction of sp³-hybridized carbons (Fsp3) is 0.650. The summed E-state index contributed by atoms with van der Waals surface area (Å²) in [5, 5.41) is 18.1. The van der Waals surface area contributed by atoms with Crippen LogP contribution in [0.15, 0.2) is 30.3 Å². The average molecular weight is 368 g/mol. The number of ether oxygens (including phenoxy) is 1. The van der Waals surface area contributed by atoms with Crippen LogP contribution < -0.4 is 5.32 Å². The fourth-order valence-corrected chi connectivity index (χ4v) is 4.78. The number of benzene rings is 1. The lowest BCUT2D eigenvalue weighted by atomic mass is 9.87. The Hall–Kier alpha value is -1.83. The molecule has 1 aliphatic carbocycles. The van der Waals surface area contributed by atoms with Crippen molar-refractivity contribution in [1.82, 2.24) is 30.8 Å². The molecular formula is C20H28N6O. The minimum atomic E-state index is 0.0947. The van der Waals surface area contributed by atoms with Gasteiger partial charge < -0.3 is 15.0 Å². The normalized spacial score (nSPS) is 30.0. The van der Waals surface area contributed by atoms with E-state index in [1.165, 1.54) is 12.0 Å². The minimum Gasteiger partial charge on any atom is -0.373 e. The smallest absolute Gasteiger partial charge is 0.175 e. The van der Waals surface area contributed by atoms with Crippen molar-refractivity contribution >= 4 is 0 Å². The fourth-order valence-electron chi connectivity index (χ4n) is 4.78. The van der Waals surface area contributed by atoms with Gasteiger partial charge in [-0.15, -0.1) is 10.2 Å². The van der Waals surface area contributed by atoms with E-state index >= 15 is 0 Å². The SMILES string of the molecule is c1ccc([C@@H]2C[C@H]2NC2COC3(CCN(CCc4nn[nH]n4)CC3)C2)cc1. The van der Waals surface area contributed by atoms with Gasteiger partial charge in [0.1, 0.15) is 0 Å². The van der Waals surface area contributed by atoms with Gasteiger partial charge in [-0.25, -0.2) is 0 Å². The predicted molar refractivity (Wildman–Crippen MR) is 101 cm³/mol. The first kappa shape index (κ1) is 17.3. The largest absolute Gasteiger partial charge is 0.373 e. The number of hydrogen-bond acceptors (Lipinski definition) is 6. The van der Waals surface area contributed by atoms with E-state index in [0.29, 0.717) is 18.0 Å². The summed E-state index contributed by atoms with van der Waals surface area (Å²) in [5.41, 5.74) is 1.57. The lowest BCUT2D eigenvalue weighted by Crippen LogP contribution is -2.45. The summed E-state index contributed by atoms with van der Waals surface area (Å²) in [4.78, 5) is 2.50. The third-order valence-corrected chi connectivity index (χ3v) is 6.49. The lowest BCUT2D eigenvalue weighted by molar-refractivity contribution is -0.0433. The molecule has 1 unspecified atom stereocenters. The van der Waals surface area contributed by atoms with Gasteiger partial charge in [-0.1, -0.05) is 35.5 Å². The van der Waals surface area contributed by atoms with Crippen molar-refractivity contribution in [2.75, 3.05) is 26.2 Å². The molecule has 2 aliphatic heterocycles. The van der Waals surface area contributed by atoms with Crippen LogP contribution in [0.4, 0.5) is 0 Å². The molecule has 2 N–H and O–H groups in total. The van der Waals surface area contributed by atoms with Crippen LogP contribution >= 0.6 is 0 Å². The van der Waals surface area contributed by atoms with Gasteiger partial charge in [-0.3, -0.25) is 0 Å². The minimum absolute atomic E-state index is 0.0947. The van der Waals surface area contributed by atoms with E-state index in [2.05, 4.69) is 61.2 Å². The molecule has 7 heteroatoms. The lowest BCUT2D eigenvalue weighted by Gasteiger charge is -2.38. The molecule has 1 aromatic carbocycles. The van der Waals surface area contributed by atoms with Gasteiger partial charge in [0.25, 0.3) is 0 Å². The van der Waals surface area contributed by atoms with E-state index in [0.717, 1.165) is 57.7 Å². The maximum Gasteiger partial charge on any atom is 0.175 e. The molecule has 144 valence electrons. The number of hydrogen-bond donors (Lipinski definition) is 2. The van der Waals surface area contributed by atoms with Crippen LogP contribution in [0.1, 0.15) is 43.0 Å². The zero-order valence-corrected chi connectivity index (χ0v) is 15.7. The molecule has 27 heavy (non-hydrogen) atoms. The van der Waals surface area contributed by atoms with Crippen LogP contribution in [0.25, 0.3) is 0 Å². The highest BCUT2D eigenvalue weighted by Gasteiger charge is 2.46. The van der Waals surface area contributed by atoms with E-state index in [-0.39, 0.29) is 5.60 Å². The second-order valence-corrected chi connectivity index (χ2v) is 8.34. The Morgan fingerprint density at radius 3 is 2.85 bits per heavy atom. The first-order valence-electron chi connectivity index (χ1n) is 10.2. The van der Waals surface area contributed by atoms with Crippen LogP contribution in [-0.2, 0) is 11.2 Å². The van der Waals surface area contributed by atoms with Crippen molar-refractivity contribution in [3.8, 4) is 0 Å². The van der Waals surface area contributed by atoms with Crippen molar-refractivity contribution in [2.24, 2.45) is 0 Å². The molecule has 0 radical (unpaired) electrons. The summed E-state index contributed by atoms with van der Waals surface area (Å²) in [5.74, 6) is 1.49. The molecule has 3 fully saturated rings. The van der Waals surface area contributed by atoms with Gasteiger partial charge in [0.05, 0.1) is 12.2 Å². The number of nitrogens with one attached hydrogen (secondary N) is 2. The third kappa shape index (κ3) is 3.90. The van der Waals surface area contributed by atoms with Gasteiger partial charge in [-0.2, -0.15) is 5.21 Å². The molecule has 1 saturated carbocycles. The molecule has 1 spiro atoms. The highest BCUT2D eigenvalue weighted by Crippen LogP contribution is 2.43. The molecule has 2 saturated heterocycles. The van der Waals surface area contributed by atoms with E-state index < -0.39 is 0 Å². The van der Waals surface area contributed by atoms with Crippen LogP contribution in [0, 0.1) is 0 Å². The summed E-state index contributed by atoms with van der Waals surface area (Å²) in [6, 6.07) is 12.0. The summed E-state index contributed by atoms with van der Waals surface area (Å²) >= 11 is 0. The average Bonchev–Trinajstić information content (AvgIpc) is 3.09. The van der Waals surface area contributed by atoms with Gasteiger partial charge in [0.15, 0.2) is 5.82 Å². The zero-order valence-electron chi connectivity index (χ0n) is 15.7. The molecule has 0 bridgehead atoms. The first-order valence-corrected chi connectivity index (χ1v) is 10.2. The number of tetrazole rings is 1. The number of aromatic nitrogens is 4. The Bertz CT molecular complexity index is 728. The number of likely N-dealkylation sites (tertiary alicyclic amines) is 1. The van der Waals surface area contributed by atoms with E-state index in [4.69, 9.17) is 4.74 Å². The monoisotopic (exact) mass is 368 g/mol. The molecule has 5 rings (SSSR count). The Labute approximate surface area is 159 Å².